The van der Waals surface area contributed by atoms with Gasteiger partial charge in [0.15, 0.2) is 0 Å². The molecule has 1 aromatic carbocycles. The SMILES string of the molecule is CN(C)C=Cc1cccc(C(=O)O)c1[N+](=O)[O-]. The fourth-order valence-corrected chi connectivity index (χ4v) is 1.30. The molecule has 1 rings (SSSR count). The van der Waals surface area contributed by atoms with Crippen LogP contribution in [-0.2, 0) is 0 Å². The first-order valence-electron chi connectivity index (χ1n) is 4.79. The number of carboxylic acid groups (broad SMARTS) is 1. The van der Waals surface area contributed by atoms with Crippen LogP contribution in [0.25, 0.3) is 6.08 Å². The first kappa shape index (κ1) is 12.7. The van der Waals surface area contributed by atoms with Crippen LogP contribution < -0.4 is 0 Å². The van der Waals surface area contributed by atoms with Gasteiger partial charge in [-0.05, 0) is 24.4 Å². The molecule has 0 atom stereocenters. The van der Waals surface area contributed by atoms with Gasteiger partial charge in [0.05, 0.1) is 10.5 Å². The van der Waals surface area contributed by atoms with Crippen LogP contribution in [0.3, 0.4) is 0 Å². The summed E-state index contributed by atoms with van der Waals surface area (Å²) in [6, 6.07) is 4.20. The van der Waals surface area contributed by atoms with Crippen molar-refractivity contribution in [2.24, 2.45) is 0 Å². The number of carboxylic acids is 1. The minimum absolute atomic E-state index is 0.267. The third-order valence-corrected chi connectivity index (χ3v) is 2.03. The normalized spacial score (nSPS) is 10.5. The molecule has 90 valence electrons. The lowest BCUT2D eigenvalue weighted by atomic mass is 10.1. The summed E-state index contributed by atoms with van der Waals surface area (Å²) in [6.07, 6.45) is 3.12. The Morgan fingerprint density at radius 1 is 1.47 bits per heavy atom. The largest absolute Gasteiger partial charge is 0.477 e. The summed E-state index contributed by atoms with van der Waals surface area (Å²) >= 11 is 0. The number of nitrogens with zero attached hydrogens (tertiary/aromatic N) is 2. The summed E-state index contributed by atoms with van der Waals surface area (Å²) in [5, 5.41) is 19.8. The van der Waals surface area contributed by atoms with Crippen molar-refractivity contribution >= 4 is 17.7 Å². The first-order chi connectivity index (χ1) is 7.93. The van der Waals surface area contributed by atoms with Crippen LogP contribution in [0.2, 0.25) is 0 Å². The van der Waals surface area contributed by atoms with Crippen molar-refractivity contribution in [2.75, 3.05) is 14.1 Å². The molecule has 1 N–H and O–H groups in total. The lowest BCUT2D eigenvalue weighted by molar-refractivity contribution is -0.385. The molecule has 0 aliphatic rings. The van der Waals surface area contributed by atoms with Crippen LogP contribution >= 0.6 is 0 Å². The Hall–Kier alpha value is -2.37. The number of nitro groups is 1. The van der Waals surface area contributed by atoms with Gasteiger partial charge in [-0.1, -0.05) is 6.07 Å². The minimum Gasteiger partial charge on any atom is -0.477 e. The molecule has 0 fully saturated rings. The maximum Gasteiger partial charge on any atom is 0.342 e. The number of carbonyl (C=O) groups is 1. The van der Waals surface area contributed by atoms with E-state index in [2.05, 4.69) is 0 Å². The van der Waals surface area contributed by atoms with Gasteiger partial charge in [0.2, 0.25) is 0 Å². The van der Waals surface area contributed by atoms with Crippen LogP contribution in [0.4, 0.5) is 5.69 Å². The standard InChI is InChI=1S/C11H12N2O4/c1-12(2)7-6-8-4-3-5-9(11(14)15)10(8)13(16)17/h3-7H,1-2H3,(H,14,15). The molecule has 6 heteroatoms. The van der Waals surface area contributed by atoms with Crippen molar-refractivity contribution in [2.45, 2.75) is 0 Å². The fourth-order valence-electron chi connectivity index (χ4n) is 1.30. The summed E-state index contributed by atoms with van der Waals surface area (Å²) in [4.78, 5) is 22.8. The van der Waals surface area contributed by atoms with Gasteiger partial charge in [-0.15, -0.1) is 0 Å². The fraction of sp³-hybridized carbons (Fsp3) is 0.182. The Balaban J connectivity index is 3.35. The Morgan fingerprint density at radius 2 is 2.12 bits per heavy atom. The number of nitro benzene ring substituents is 1. The second-order valence-corrected chi connectivity index (χ2v) is 3.59. The van der Waals surface area contributed by atoms with E-state index in [0.29, 0.717) is 0 Å². The second kappa shape index (κ2) is 5.11. The highest BCUT2D eigenvalue weighted by Gasteiger charge is 2.22. The van der Waals surface area contributed by atoms with Crippen molar-refractivity contribution < 1.29 is 14.8 Å². The van der Waals surface area contributed by atoms with E-state index in [0.717, 1.165) is 0 Å². The van der Waals surface area contributed by atoms with Gasteiger partial charge in [-0.25, -0.2) is 4.79 Å². The van der Waals surface area contributed by atoms with Gasteiger partial charge in [0.1, 0.15) is 5.56 Å². The minimum atomic E-state index is -1.31. The smallest absolute Gasteiger partial charge is 0.342 e. The molecule has 1 aromatic rings. The lowest BCUT2D eigenvalue weighted by Gasteiger charge is -2.05. The zero-order valence-electron chi connectivity index (χ0n) is 9.45. The first-order valence-corrected chi connectivity index (χ1v) is 4.79. The molecule has 0 radical (unpaired) electrons. The molecule has 0 saturated heterocycles. The van der Waals surface area contributed by atoms with Crippen molar-refractivity contribution in [1.29, 1.82) is 0 Å². The Labute approximate surface area is 97.9 Å². The lowest BCUT2D eigenvalue weighted by Crippen LogP contribution is -2.05. The third kappa shape index (κ3) is 3.04. The van der Waals surface area contributed by atoms with Crippen LogP contribution in [0.1, 0.15) is 15.9 Å². The molecule has 0 aliphatic carbocycles. The quantitative estimate of drug-likeness (QED) is 0.636. The average molecular weight is 236 g/mol. The van der Waals surface area contributed by atoms with E-state index in [1.165, 1.54) is 24.3 Å². The van der Waals surface area contributed by atoms with E-state index in [-0.39, 0.29) is 11.1 Å². The van der Waals surface area contributed by atoms with E-state index < -0.39 is 16.6 Å². The Morgan fingerprint density at radius 3 is 2.59 bits per heavy atom. The number of para-hydroxylation sites is 1. The molecular formula is C11H12N2O4. The van der Waals surface area contributed by atoms with E-state index >= 15 is 0 Å². The summed E-state index contributed by atoms with van der Waals surface area (Å²) in [5.74, 6) is -1.31. The van der Waals surface area contributed by atoms with Crippen LogP contribution in [0, 0.1) is 10.1 Å². The molecule has 0 unspecified atom stereocenters. The van der Waals surface area contributed by atoms with Gasteiger partial charge in [-0.3, -0.25) is 10.1 Å². The summed E-state index contributed by atoms with van der Waals surface area (Å²) in [5.41, 5.74) is -0.433. The van der Waals surface area contributed by atoms with Gasteiger partial charge < -0.3 is 10.0 Å². The van der Waals surface area contributed by atoms with Crippen LogP contribution in [-0.4, -0.2) is 35.0 Å². The van der Waals surface area contributed by atoms with E-state index in [1.54, 1.807) is 25.2 Å². The zero-order valence-corrected chi connectivity index (χ0v) is 9.45. The van der Waals surface area contributed by atoms with E-state index in [4.69, 9.17) is 5.11 Å². The van der Waals surface area contributed by atoms with Crippen molar-refractivity contribution in [1.82, 2.24) is 4.90 Å². The van der Waals surface area contributed by atoms with Crippen molar-refractivity contribution in [3.8, 4) is 0 Å². The number of hydrogen-bond donors (Lipinski definition) is 1. The van der Waals surface area contributed by atoms with Gasteiger partial charge >= 0.3 is 5.97 Å². The highest BCUT2D eigenvalue weighted by Crippen LogP contribution is 2.25. The Bertz CT molecular complexity index is 480. The third-order valence-electron chi connectivity index (χ3n) is 2.03. The average Bonchev–Trinajstić information content (AvgIpc) is 2.25. The van der Waals surface area contributed by atoms with Crippen molar-refractivity contribution in [3.63, 3.8) is 0 Å². The predicted molar refractivity (Wildman–Crippen MR) is 62.8 cm³/mol. The van der Waals surface area contributed by atoms with Gasteiger partial charge in [-0.2, -0.15) is 0 Å². The van der Waals surface area contributed by atoms with Gasteiger partial charge in [0, 0.05) is 14.1 Å². The molecule has 0 saturated carbocycles. The maximum atomic E-state index is 10.9. The summed E-state index contributed by atoms with van der Waals surface area (Å²) in [7, 11) is 3.53. The molecule has 0 bridgehead atoms. The highest BCUT2D eigenvalue weighted by atomic mass is 16.6. The number of benzene rings is 1. The monoisotopic (exact) mass is 236 g/mol. The predicted octanol–water partition coefficient (Wildman–Crippen LogP) is 1.83. The van der Waals surface area contributed by atoms with E-state index in [1.807, 2.05) is 0 Å². The number of aromatic carboxylic acids is 1. The zero-order chi connectivity index (χ0) is 13.0. The highest BCUT2D eigenvalue weighted by molar-refractivity contribution is 5.94. The maximum absolute atomic E-state index is 10.9. The summed E-state index contributed by atoms with van der Waals surface area (Å²) in [6.45, 7) is 0. The number of rotatable bonds is 4. The number of hydrogen-bond acceptors (Lipinski definition) is 4. The topological polar surface area (TPSA) is 83.7 Å². The molecule has 17 heavy (non-hydrogen) atoms. The molecule has 6 nitrogen and oxygen atoms in total. The molecule has 0 amide bonds. The van der Waals surface area contributed by atoms with Gasteiger partial charge in [0.25, 0.3) is 5.69 Å². The molecule has 0 aliphatic heterocycles. The molecular weight excluding hydrogens is 224 g/mol. The van der Waals surface area contributed by atoms with Crippen LogP contribution in [0.5, 0.6) is 0 Å². The van der Waals surface area contributed by atoms with Crippen LogP contribution in [0.15, 0.2) is 24.4 Å². The Kier molecular flexibility index (Phi) is 3.82. The van der Waals surface area contributed by atoms with E-state index in [9.17, 15) is 14.9 Å². The second-order valence-electron chi connectivity index (χ2n) is 3.59. The summed E-state index contributed by atoms with van der Waals surface area (Å²) < 4.78 is 0. The molecule has 0 spiro atoms. The molecule has 0 heterocycles. The van der Waals surface area contributed by atoms with Crippen molar-refractivity contribution in [3.05, 3.63) is 45.6 Å². The molecule has 0 aromatic heterocycles.